The topological polar surface area (TPSA) is 89.3 Å². The molecule has 0 atom stereocenters. The Balaban J connectivity index is 0.000000323. The van der Waals surface area contributed by atoms with Crippen molar-refractivity contribution in [1.82, 2.24) is 0 Å². The number of rotatable bonds is 7. The molecule has 7 heteroatoms. The number of hydrogen-bond donors (Lipinski definition) is 0. The molecule has 1 aliphatic rings. The second-order valence-corrected chi connectivity index (χ2v) is 21.9. The van der Waals surface area contributed by atoms with Crippen LogP contribution in [0.3, 0.4) is 0 Å². The fourth-order valence-corrected chi connectivity index (χ4v) is 7.74. The molecule has 0 saturated carbocycles. The third-order valence-electron chi connectivity index (χ3n) is 11.1. The maximum absolute atomic E-state index is 13.3. The summed E-state index contributed by atoms with van der Waals surface area (Å²) in [5.74, 6) is 2.75. The van der Waals surface area contributed by atoms with E-state index in [1.165, 1.54) is 22.3 Å². The van der Waals surface area contributed by atoms with E-state index in [4.69, 9.17) is 19.5 Å². The fourth-order valence-electron chi connectivity index (χ4n) is 7.74. The summed E-state index contributed by atoms with van der Waals surface area (Å²) in [7, 11) is 0. The Bertz CT molecular complexity index is 2110. The van der Waals surface area contributed by atoms with Gasteiger partial charge in [0, 0.05) is 18.0 Å². The van der Waals surface area contributed by atoms with Crippen molar-refractivity contribution in [1.29, 1.82) is 0 Å². The minimum atomic E-state index is -0.579. The van der Waals surface area contributed by atoms with Gasteiger partial charge in [-0.1, -0.05) is 181 Å². The molecule has 6 nitrogen and oxygen atoms in total. The molecule has 0 bridgehead atoms. The van der Waals surface area contributed by atoms with Gasteiger partial charge in [-0.05, 0) is 90.3 Å². The summed E-state index contributed by atoms with van der Waals surface area (Å²) in [5, 5.41) is 26.6. The molecule has 61 heavy (non-hydrogen) atoms. The van der Waals surface area contributed by atoms with Gasteiger partial charge in [-0.15, -0.1) is 11.5 Å². The van der Waals surface area contributed by atoms with Crippen molar-refractivity contribution in [3.05, 3.63) is 93.0 Å². The summed E-state index contributed by atoms with van der Waals surface area (Å²) in [6.07, 6.45) is 3.71. The van der Waals surface area contributed by atoms with Crippen LogP contribution in [-0.4, -0.2) is 12.4 Å². The van der Waals surface area contributed by atoms with Crippen LogP contribution in [0.1, 0.15) is 207 Å². The SMILES string of the molecule is CC(C)(C)c1cc2c(c(C(C)(C)C)c1)Oc1c(c(C(C)(C)C)c([O-])c([O-])c1C(C)(C)C)O2.CC(C)c1cccc(C(C)C)c1N=CC=Nc1c(C(C)C)cccc1C(C)C.[Ni+2]. The molecule has 334 valence electrons. The minimum Gasteiger partial charge on any atom is -0.873 e. The first-order valence-electron chi connectivity index (χ1n) is 21.9. The van der Waals surface area contributed by atoms with E-state index in [1.54, 1.807) is 0 Å². The van der Waals surface area contributed by atoms with Crippen LogP contribution in [0, 0.1) is 0 Å². The van der Waals surface area contributed by atoms with Crippen molar-refractivity contribution >= 4 is 23.8 Å². The molecule has 4 aromatic rings. The van der Waals surface area contributed by atoms with Crippen LogP contribution in [0.25, 0.3) is 0 Å². The molecule has 4 aromatic carbocycles. The Morgan fingerprint density at radius 1 is 0.475 bits per heavy atom. The van der Waals surface area contributed by atoms with Gasteiger partial charge >= 0.3 is 16.5 Å². The Morgan fingerprint density at radius 2 is 0.820 bits per heavy atom. The normalized spacial score (nSPS) is 13.3. The standard InChI is InChI=1S/C28H40O4.C26H36N2.Ni/c1-25(2,3)15-13-16(26(4,5)6)22-17(14-15)31-23-18(27(7,8)9)20(29)21(30)19(24(23)32-22)28(10,11)12;1-17(2)21-11-9-12-22(18(3)4)25(21)27-15-16-28-26-23(19(5)6)13-10-14-24(26)20(7)8;/h13-14,29-30H,1-12H3;9-20H,1-8H3;/q;;+2/p-2. The van der Waals surface area contributed by atoms with E-state index in [-0.39, 0.29) is 27.3 Å². The van der Waals surface area contributed by atoms with E-state index in [9.17, 15) is 10.2 Å². The summed E-state index contributed by atoms with van der Waals surface area (Å²) in [6, 6.07) is 17.2. The molecule has 5 rings (SSSR count). The van der Waals surface area contributed by atoms with Gasteiger partial charge in [0.05, 0.1) is 11.4 Å². The molecule has 0 amide bonds. The molecule has 0 fully saturated rings. The summed E-state index contributed by atoms with van der Waals surface area (Å²) in [6.45, 7) is 42.2. The van der Waals surface area contributed by atoms with Crippen LogP contribution >= 0.6 is 0 Å². The number of fused-ring (bicyclic) bond motifs is 2. The molecule has 0 aliphatic carbocycles. The van der Waals surface area contributed by atoms with Gasteiger partial charge < -0.3 is 19.7 Å². The van der Waals surface area contributed by atoms with Crippen LogP contribution in [0.5, 0.6) is 34.5 Å². The van der Waals surface area contributed by atoms with Crippen molar-refractivity contribution < 1.29 is 36.2 Å². The van der Waals surface area contributed by atoms with Gasteiger partial charge in [0.2, 0.25) is 0 Å². The summed E-state index contributed by atoms with van der Waals surface area (Å²) in [5.41, 5.74) is 8.79. The number of hydrogen-bond acceptors (Lipinski definition) is 6. The molecule has 0 unspecified atom stereocenters. The van der Waals surface area contributed by atoms with Gasteiger partial charge in [0.25, 0.3) is 0 Å². The third-order valence-corrected chi connectivity index (χ3v) is 11.1. The van der Waals surface area contributed by atoms with E-state index >= 15 is 0 Å². The van der Waals surface area contributed by atoms with E-state index in [2.05, 4.69) is 139 Å². The van der Waals surface area contributed by atoms with Crippen molar-refractivity contribution in [2.24, 2.45) is 9.98 Å². The zero-order chi connectivity index (χ0) is 45.4. The van der Waals surface area contributed by atoms with E-state index < -0.39 is 22.3 Å². The summed E-state index contributed by atoms with van der Waals surface area (Å²) < 4.78 is 13.1. The Labute approximate surface area is 379 Å². The van der Waals surface area contributed by atoms with Gasteiger partial charge in [-0.2, -0.15) is 0 Å². The van der Waals surface area contributed by atoms with Crippen molar-refractivity contribution in [3.63, 3.8) is 0 Å². The number of benzene rings is 4. The molecule has 0 spiro atoms. The van der Waals surface area contributed by atoms with E-state index in [0.717, 1.165) is 22.5 Å². The number of aliphatic imine (C=N–C) groups is 2. The van der Waals surface area contributed by atoms with Crippen molar-refractivity contribution in [3.8, 4) is 34.5 Å². The van der Waals surface area contributed by atoms with Gasteiger partial charge in [0.15, 0.2) is 23.0 Å². The minimum absolute atomic E-state index is 0. The largest absolute Gasteiger partial charge is 2.00 e. The van der Waals surface area contributed by atoms with Crippen molar-refractivity contribution in [2.45, 2.75) is 184 Å². The first kappa shape index (κ1) is 51.3. The van der Waals surface area contributed by atoms with E-state index in [0.29, 0.717) is 57.8 Å². The molecular weight excluding hydrogens is 799 g/mol. The fraction of sp³-hybridized carbons (Fsp3) is 0.519. The van der Waals surface area contributed by atoms with Gasteiger partial charge in [-0.3, -0.25) is 9.98 Å². The zero-order valence-corrected chi connectivity index (χ0v) is 41.9. The number of ether oxygens (including phenoxy) is 2. The molecule has 1 aliphatic heterocycles. The molecule has 0 N–H and O–H groups in total. The quantitative estimate of drug-likeness (QED) is 0.120. The number of para-hydroxylation sites is 2. The van der Waals surface area contributed by atoms with Gasteiger partial charge in [0.1, 0.15) is 0 Å². The average molecular weight is 874 g/mol. The average Bonchev–Trinajstić information content (AvgIpc) is 3.10. The molecule has 0 saturated heterocycles. The summed E-state index contributed by atoms with van der Waals surface area (Å²) >= 11 is 0. The number of nitrogens with zero attached hydrogens (tertiary/aromatic N) is 2. The second kappa shape index (κ2) is 19.1. The van der Waals surface area contributed by atoms with Crippen LogP contribution < -0.4 is 19.7 Å². The first-order valence-corrected chi connectivity index (χ1v) is 21.9. The predicted molar refractivity (Wildman–Crippen MR) is 252 cm³/mol. The van der Waals surface area contributed by atoms with Crippen LogP contribution in [-0.2, 0) is 38.2 Å². The smallest absolute Gasteiger partial charge is 0.873 e. The Hall–Kier alpha value is -4.09. The Morgan fingerprint density at radius 3 is 1.11 bits per heavy atom. The third kappa shape index (κ3) is 11.5. The monoisotopic (exact) mass is 873 g/mol. The van der Waals surface area contributed by atoms with Crippen molar-refractivity contribution in [2.75, 3.05) is 0 Å². The van der Waals surface area contributed by atoms with Gasteiger partial charge in [-0.25, -0.2) is 0 Å². The zero-order valence-electron chi connectivity index (χ0n) is 40.9. The predicted octanol–water partition coefficient (Wildman–Crippen LogP) is 15.2. The maximum atomic E-state index is 13.3. The molecule has 0 radical (unpaired) electrons. The van der Waals surface area contributed by atoms with E-state index in [1.807, 2.05) is 60.0 Å². The summed E-state index contributed by atoms with van der Waals surface area (Å²) in [4.78, 5) is 9.68. The maximum Gasteiger partial charge on any atom is 2.00 e. The molecule has 1 heterocycles. The Kier molecular flexibility index (Phi) is 16.1. The van der Waals surface area contributed by atoms with Crippen LogP contribution in [0.4, 0.5) is 11.4 Å². The molecular formula is C54H74N2NiO4. The van der Waals surface area contributed by atoms with Crippen LogP contribution in [0.15, 0.2) is 58.5 Å². The van der Waals surface area contributed by atoms with Crippen LogP contribution in [0.2, 0.25) is 0 Å². The first-order chi connectivity index (χ1) is 27.5. The molecule has 0 aromatic heterocycles. The second-order valence-electron chi connectivity index (χ2n) is 21.9.